The Balaban J connectivity index is 2.01. The van der Waals surface area contributed by atoms with Gasteiger partial charge in [0.05, 0.1) is 22.2 Å². The van der Waals surface area contributed by atoms with Crippen LogP contribution in [0.5, 0.6) is 0 Å². The Morgan fingerprint density at radius 1 is 1.17 bits per heavy atom. The molecule has 0 aliphatic rings. The summed E-state index contributed by atoms with van der Waals surface area (Å²) in [6, 6.07) is 14.4. The molecule has 116 valence electrons. The van der Waals surface area contributed by atoms with E-state index in [1.165, 1.54) is 0 Å². The molecule has 0 aliphatic heterocycles. The van der Waals surface area contributed by atoms with Gasteiger partial charge in [-0.2, -0.15) is 5.26 Å². The lowest BCUT2D eigenvalue weighted by molar-refractivity contribution is -0.117. The van der Waals surface area contributed by atoms with Crippen molar-refractivity contribution in [3.05, 3.63) is 64.7 Å². The lowest BCUT2D eigenvalue weighted by Crippen LogP contribution is -2.41. The van der Waals surface area contributed by atoms with Crippen molar-refractivity contribution in [2.45, 2.75) is 13.0 Å². The minimum Gasteiger partial charge on any atom is -0.340 e. The van der Waals surface area contributed by atoms with E-state index >= 15 is 0 Å². The van der Waals surface area contributed by atoms with Crippen molar-refractivity contribution in [1.29, 1.82) is 5.26 Å². The van der Waals surface area contributed by atoms with E-state index in [0.717, 1.165) is 0 Å². The maximum absolute atomic E-state index is 12.1. The van der Waals surface area contributed by atoms with Crippen LogP contribution < -0.4 is 10.6 Å². The van der Waals surface area contributed by atoms with Gasteiger partial charge in [0.2, 0.25) is 5.91 Å². The molecule has 2 amide bonds. The Morgan fingerprint density at radius 2 is 1.91 bits per heavy atom. The first-order chi connectivity index (χ1) is 11.0. The number of hydrogen-bond acceptors (Lipinski definition) is 3. The maximum atomic E-state index is 12.1. The van der Waals surface area contributed by atoms with Crippen molar-refractivity contribution >= 4 is 29.1 Å². The molecule has 0 saturated carbocycles. The fourth-order valence-corrected chi connectivity index (χ4v) is 2.12. The zero-order valence-corrected chi connectivity index (χ0v) is 13.1. The van der Waals surface area contributed by atoms with Crippen LogP contribution in [0.1, 0.15) is 22.8 Å². The molecule has 0 radical (unpaired) electrons. The highest BCUT2D eigenvalue weighted by atomic mass is 35.5. The predicted molar refractivity (Wildman–Crippen MR) is 88.2 cm³/mol. The smallest absolute Gasteiger partial charge is 0.253 e. The number of carbonyl (C=O) groups excluding carboxylic acids is 2. The predicted octanol–water partition coefficient (Wildman–Crippen LogP) is 2.97. The lowest BCUT2D eigenvalue weighted by atomic mass is 10.2. The number of nitrogens with zero attached hydrogens (tertiary/aromatic N) is 1. The van der Waals surface area contributed by atoms with Gasteiger partial charge >= 0.3 is 0 Å². The number of rotatable bonds is 4. The molecule has 5 nitrogen and oxygen atoms in total. The average Bonchev–Trinajstić information content (AvgIpc) is 2.55. The molecule has 23 heavy (non-hydrogen) atoms. The summed E-state index contributed by atoms with van der Waals surface area (Å²) in [5, 5.41) is 14.4. The first-order valence-electron chi connectivity index (χ1n) is 6.87. The summed E-state index contributed by atoms with van der Waals surface area (Å²) in [7, 11) is 0. The molecule has 0 aliphatic carbocycles. The number of nitriles is 1. The number of anilines is 1. The van der Waals surface area contributed by atoms with Gasteiger partial charge in [0.15, 0.2) is 0 Å². The molecule has 2 rings (SSSR count). The summed E-state index contributed by atoms with van der Waals surface area (Å²) in [5.41, 5.74) is 1.24. The molecule has 2 aromatic rings. The number of hydrogen-bond donors (Lipinski definition) is 2. The van der Waals surface area contributed by atoms with E-state index in [-0.39, 0.29) is 5.91 Å². The highest BCUT2D eigenvalue weighted by Gasteiger charge is 2.18. The van der Waals surface area contributed by atoms with Gasteiger partial charge in [-0.15, -0.1) is 0 Å². The zero-order valence-electron chi connectivity index (χ0n) is 12.3. The number of benzene rings is 2. The highest BCUT2D eigenvalue weighted by molar-refractivity contribution is 6.33. The van der Waals surface area contributed by atoms with Crippen LogP contribution in [0.15, 0.2) is 48.5 Å². The van der Waals surface area contributed by atoms with Crippen LogP contribution in [-0.2, 0) is 4.79 Å². The van der Waals surface area contributed by atoms with E-state index < -0.39 is 11.9 Å². The minimum atomic E-state index is -0.760. The third-order valence-electron chi connectivity index (χ3n) is 3.12. The molecule has 0 bridgehead atoms. The molecule has 0 saturated heterocycles. The molecule has 0 heterocycles. The second kappa shape index (κ2) is 7.43. The fraction of sp³-hybridized carbons (Fsp3) is 0.118. The van der Waals surface area contributed by atoms with Crippen LogP contribution in [0.3, 0.4) is 0 Å². The zero-order chi connectivity index (χ0) is 16.8. The standard InChI is InChI=1S/C17H14ClN3O2/c1-11(20-17(23)14-7-2-3-8-15(14)18)16(22)21-13-6-4-5-12(9-13)10-19/h2-9,11H,1H3,(H,20,23)(H,21,22)/t11-/m0/s1. The summed E-state index contributed by atoms with van der Waals surface area (Å²) in [6.07, 6.45) is 0. The fourth-order valence-electron chi connectivity index (χ4n) is 1.90. The molecule has 0 spiro atoms. The third kappa shape index (κ3) is 4.31. The second-order valence-electron chi connectivity index (χ2n) is 4.86. The van der Waals surface area contributed by atoms with Crippen molar-refractivity contribution in [2.75, 3.05) is 5.32 Å². The lowest BCUT2D eigenvalue weighted by Gasteiger charge is -2.14. The third-order valence-corrected chi connectivity index (χ3v) is 3.45. The van der Waals surface area contributed by atoms with Crippen molar-refractivity contribution in [3.63, 3.8) is 0 Å². The Hall–Kier alpha value is -2.84. The second-order valence-corrected chi connectivity index (χ2v) is 5.26. The van der Waals surface area contributed by atoms with Crippen LogP contribution >= 0.6 is 11.6 Å². The Kier molecular flexibility index (Phi) is 5.34. The summed E-state index contributed by atoms with van der Waals surface area (Å²) in [6.45, 7) is 1.57. The van der Waals surface area contributed by atoms with Crippen molar-refractivity contribution in [1.82, 2.24) is 5.32 Å². The molecule has 0 aromatic heterocycles. The summed E-state index contributed by atoms with van der Waals surface area (Å²) in [4.78, 5) is 24.2. The SMILES string of the molecule is C[C@H](NC(=O)c1ccccc1Cl)C(=O)Nc1cccc(C#N)c1. The Labute approximate surface area is 138 Å². The monoisotopic (exact) mass is 327 g/mol. The van der Waals surface area contributed by atoms with E-state index in [4.69, 9.17) is 16.9 Å². The van der Waals surface area contributed by atoms with Gasteiger partial charge in [-0.1, -0.05) is 29.8 Å². The first-order valence-corrected chi connectivity index (χ1v) is 7.25. The number of amides is 2. The van der Waals surface area contributed by atoms with E-state index in [2.05, 4.69) is 10.6 Å². The van der Waals surface area contributed by atoms with Gasteiger partial charge in [0.25, 0.3) is 5.91 Å². The van der Waals surface area contributed by atoms with E-state index in [9.17, 15) is 9.59 Å². The first kappa shape index (κ1) is 16.5. The number of carbonyl (C=O) groups is 2. The van der Waals surface area contributed by atoms with Gasteiger partial charge in [-0.3, -0.25) is 9.59 Å². The Bertz CT molecular complexity index is 783. The van der Waals surface area contributed by atoms with Crippen molar-refractivity contribution < 1.29 is 9.59 Å². The molecule has 2 aromatic carbocycles. The van der Waals surface area contributed by atoms with Crippen LogP contribution in [-0.4, -0.2) is 17.9 Å². The number of nitrogens with one attached hydrogen (secondary N) is 2. The van der Waals surface area contributed by atoms with Gasteiger partial charge in [-0.05, 0) is 37.3 Å². The molecular formula is C17H14ClN3O2. The maximum Gasteiger partial charge on any atom is 0.253 e. The minimum absolute atomic E-state index is 0.306. The van der Waals surface area contributed by atoms with Gasteiger partial charge in [0.1, 0.15) is 6.04 Å². The summed E-state index contributed by atoms with van der Waals surface area (Å²) >= 11 is 5.95. The van der Waals surface area contributed by atoms with Crippen LogP contribution in [0.4, 0.5) is 5.69 Å². The van der Waals surface area contributed by atoms with Crippen molar-refractivity contribution in [3.8, 4) is 6.07 Å². The summed E-state index contributed by atoms with van der Waals surface area (Å²) in [5.74, 6) is -0.815. The average molecular weight is 328 g/mol. The topological polar surface area (TPSA) is 82.0 Å². The van der Waals surface area contributed by atoms with Gasteiger partial charge in [-0.25, -0.2) is 0 Å². The summed E-state index contributed by atoms with van der Waals surface area (Å²) < 4.78 is 0. The van der Waals surface area contributed by atoms with E-state index in [1.54, 1.807) is 55.5 Å². The normalized spacial score (nSPS) is 11.2. The quantitative estimate of drug-likeness (QED) is 0.905. The van der Waals surface area contributed by atoms with Crippen molar-refractivity contribution in [2.24, 2.45) is 0 Å². The van der Waals surface area contributed by atoms with Gasteiger partial charge < -0.3 is 10.6 Å². The van der Waals surface area contributed by atoms with Crippen LogP contribution in [0.25, 0.3) is 0 Å². The molecule has 0 unspecified atom stereocenters. The highest BCUT2D eigenvalue weighted by Crippen LogP contribution is 2.15. The largest absolute Gasteiger partial charge is 0.340 e. The molecule has 0 fully saturated rings. The molecular weight excluding hydrogens is 314 g/mol. The van der Waals surface area contributed by atoms with Crippen LogP contribution in [0.2, 0.25) is 5.02 Å². The molecule has 6 heteroatoms. The van der Waals surface area contributed by atoms with Gasteiger partial charge in [0, 0.05) is 5.69 Å². The number of halogens is 1. The van der Waals surface area contributed by atoms with Crippen LogP contribution in [0, 0.1) is 11.3 Å². The molecule has 1 atom stereocenters. The van der Waals surface area contributed by atoms with E-state index in [0.29, 0.717) is 21.8 Å². The van der Waals surface area contributed by atoms with E-state index in [1.807, 2.05) is 6.07 Å². The molecule has 2 N–H and O–H groups in total. The Morgan fingerprint density at radius 3 is 2.61 bits per heavy atom.